The van der Waals surface area contributed by atoms with Crippen molar-refractivity contribution in [3.8, 4) is 0 Å². The number of aliphatic hydroxyl groups is 1. The van der Waals surface area contributed by atoms with E-state index in [4.69, 9.17) is 10.1 Å². The van der Waals surface area contributed by atoms with Crippen LogP contribution in [0, 0.1) is 12.8 Å². The van der Waals surface area contributed by atoms with E-state index in [1.165, 1.54) is 4.90 Å². The van der Waals surface area contributed by atoms with Crippen molar-refractivity contribution in [3.63, 3.8) is 0 Å². The number of ketones is 1. The molecule has 0 bridgehead atoms. The summed E-state index contributed by atoms with van der Waals surface area (Å²) < 4.78 is 0. The largest absolute Gasteiger partial charge is 0.391 e. The number of carbonyl (C=O) groups excluding carboxylic acids is 1. The van der Waals surface area contributed by atoms with Crippen molar-refractivity contribution in [3.05, 3.63) is 17.0 Å². The number of anilines is 1. The van der Waals surface area contributed by atoms with E-state index in [2.05, 4.69) is 16.8 Å². The average Bonchev–Trinajstić information content (AvgIpc) is 2.47. The summed E-state index contributed by atoms with van der Waals surface area (Å²) in [7, 11) is 0. The number of aryl methyl sites for hydroxylation is 1. The van der Waals surface area contributed by atoms with Gasteiger partial charge in [0.2, 0.25) is 5.95 Å². The lowest BCUT2D eigenvalue weighted by Crippen LogP contribution is -3.15. The molecule has 6 nitrogen and oxygen atoms in total. The number of hydrogen-bond donors (Lipinski definition) is 2. The zero-order valence-electron chi connectivity index (χ0n) is 13.4. The van der Waals surface area contributed by atoms with Gasteiger partial charge < -0.3 is 14.9 Å². The molecule has 0 amide bonds. The van der Waals surface area contributed by atoms with Crippen LogP contribution in [0.3, 0.4) is 0 Å². The summed E-state index contributed by atoms with van der Waals surface area (Å²) in [6.07, 6.45) is 1.48. The van der Waals surface area contributed by atoms with Gasteiger partial charge in [-0.25, -0.2) is 9.97 Å². The van der Waals surface area contributed by atoms with Gasteiger partial charge in [0, 0.05) is 6.42 Å². The number of hydrogen-bond acceptors (Lipinski definition) is 5. The van der Waals surface area contributed by atoms with Crippen LogP contribution in [-0.2, 0) is 6.42 Å². The van der Waals surface area contributed by atoms with Crippen LogP contribution in [-0.4, -0.2) is 60.2 Å². The summed E-state index contributed by atoms with van der Waals surface area (Å²) in [6, 6.07) is 0. The highest BCUT2D eigenvalue weighted by Gasteiger charge is 2.28. The number of nitrogens with one attached hydrogen (secondary N) is 1. The standard InChI is InChI=1S/C16H24N4O2/c1-11-9-13-15(14(22)10-11)12(2)17-16(18-13)20-5-3-19(4-6-20)7-8-21/h11,21H,3-10H2,1-2H3/p+1/t11-/m1/s1. The third kappa shape index (κ3) is 2.98. The van der Waals surface area contributed by atoms with Crippen molar-refractivity contribution in [1.29, 1.82) is 0 Å². The van der Waals surface area contributed by atoms with Gasteiger partial charge in [-0.2, -0.15) is 0 Å². The van der Waals surface area contributed by atoms with Gasteiger partial charge in [0.15, 0.2) is 5.78 Å². The van der Waals surface area contributed by atoms with Crippen molar-refractivity contribution < 1.29 is 14.8 Å². The van der Waals surface area contributed by atoms with Gasteiger partial charge in [-0.05, 0) is 19.3 Å². The molecule has 0 unspecified atom stereocenters. The molecule has 6 heteroatoms. The third-order valence-corrected chi connectivity index (χ3v) is 4.73. The zero-order chi connectivity index (χ0) is 15.7. The average molecular weight is 305 g/mol. The second kappa shape index (κ2) is 6.30. The Morgan fingerprint density at radius 3 is 2.68 bits per heavy atom. The van der Waals surface area contributed by atoms with E-state index >= 15 is 0 Å². The smallest absolute Gasteiger partial charge is 0.226 e. The van der Waals surface area contributed by atoms with Crippen molar-refractivity contribution in [2.45, 2.75) is 26.7 Å². The third-order valence-electron chi connectivity index (χ3n) is 4.73. The molecule has 0 saturated carbocycles. The lowest BCUT2D eigenvalue weighted by molar-refractivity contribution is -0.900. The number of carbonyl (C=O) groups is 1. The quantitative estimate of drug-likeness (QED) is 0.769. The molecule has 1 aromatic heterocycles. The molecule has 1 atom stereocenters. The Morgan fingerprint density at radius 2 is 2.00 bits per heavy atom. The monoisotopic (exact) mass is 305 g/mol. The lowest BCUT2D eigenvalue weighted by atomic mass is 9.86. The second-order valence-corrected chi connectivity index (χ2v) is 6.58. The van der Waals surface area contributed by atoms with Gasteiger partial charge in [0.05, 0.1) is 49.7 Å². The van der Waals surface area contributed by atoms with Crippen LogP contribution in [0.5, 0.6) is 0 Å². The predicted molar refractivity (Wildman–Crippen MR) is 83.4 cm³/mol. The zero-order valence-corrected chi connectivity index (χ0v) is 13.4. The fraction of sp³-hybridized carbons (Fsp3) is 0.688. The maximum absolute atomic E-state index is 12.2. The number of aromatic nitrogens is 2. The molecule has 1 saturated heterocycles. The first-order valence-corrected chi connectivity index (χ1v) is 8.18. The van der Waals surface area contributed by atoms with E-state index in [0.29, 0.717) is 12.3 Å². The van der Waals surface area contributed by atoms with E-state index in [1.54, 1.807) is 0 Å². The molecule has 1 aliphatic carbocycles. The Balaban J connectivity index is 1.80. The van der Waals surface area contributed by atoms with Crippen LogP contribution in [0.1, 0.15) is 35.1 Å². The highest BCUT2D eigenvalue weighted by atomic mass is 16.3. The minimum absolute atomic E-state index is 0.190. The van der Waals surface area contributed by atoms with Crippen LogP contribution in [0.4, 0.5) is 5.95 Å². The molecule has 1 fully saturated rings. The number of fused-ring (bicyclic) bond motifs is 1. The topological polar surface area (TPSA) is 70.8 Å². The molecule has 2 N–H and O–H groups in total. The van der Waals surface area contributed by atoms with Crippen molar-refractivity contribution in [2.24, 2.45) is 5.92 Å². The van der Waals surface area contributed by atoms with Gasteiger partial charge in [-0.15, -0.1) is 0 Å². The number of quaternary nitrogens is 1. The van der Waals surface area contributed by atoms with Crippen molar-refractivity contribution >= 4 is 11.7 Å². The first kappa shape index (κ1) is 15.4. The molecule has 1 aromatic rings. The van der Waals surface area contributed by atoms with E-state index < -0.39 is 0 Å². The molecule has 0 aromatic carbocycles. The highest BCUT2D eigenvalue weighted by molar-refractivity contribution is 5.99. The molecular formula is C16H25N4O2+. The molecule has 3 rings (SSSR count). The normalized spacial score (nSPS) is 22.8. The fourth-order valence-corrected chi connectivity index (χ4v) is 3.52. The van der Waals surface area contributed by atoms with Crippen LogP contribution in [0.25, 0.3) is 0 Å². The predicted octanol–water partition coefficient (Wildman–Crippen LogP) is -0.753. The molecule has 1 aliphatic heterocycles. The Labute approximate surface area is 131 Å². The van der Waals surface area contributed by atoms with Gasteiger partial charge >= 0.3 is 0 Å². The minimum atomic E-state index is 0.190. The Morgan fingerprint density at radius 1 is 1.27 bits per heavy atom. The maximum Gasteiger partial charge on any atom is 0.226 e. The number of piperazine rings is 1. The van der Waals surface area contributed by atoms with E-state index in [1.807, 2.05) is 6.92 Å². The lowest BCUT2D eigenvalue weighted by Gasteiger charge is -2.32. The SMILES string of the molecule is Cc1nc(N2CC[NH+](CCO)CC2)nc2c1C(=O)C[C@H](C)C2. The Kier molecular flexibility index (Phi) is 4.40. The highest BCUT2D eigenvalue weighted by Crippen LogP contribution is 2.27. The summed E-state index contributed by atoms with van der Waals surface area (Å²) in [5.74, 6) is 1.32. The van der Waals surface area contributed by atoms with Gasteiger partial charge in [0.25, 0.3) is 0 Å². The minimum Gasteiger partial charge on any atom is -0.391 e. The molecule has 22 heavy (non-hydrogen) atoms. The molecule has 2 aliphatic rings. The molecule has 120 valence electrons. The molecule has 2 heterocycles. The first-order valence-electron chi connectivity index (χ1n) is 8.18. The van der Waals surface area contributed by atoms with Crippen LogP contribution < -0.4 is 9.80 Å². The fourth-order valence-electron chi connectivity index (χ4n) is 3.52. The maximum atomic E-state index is 12.2. The summed E-state index contributed by atoms with van der Waals surface area (Å²) in [4.78, 5) is 25.1. The van der Waals surface area contributed by atoms with Gasteiger partial charge in [-0.1, -0.05) is 6.92 Å². The summed E-state index contributed by atoms with van der Waals surface area (Å²) >= 11 is 0. The van der Waals surface area contributed by atoms with Crippen LogP contribution >= 0.6 is 0 Å². The molecular weight excluding hydrogens is 280 g/mol. The number of Topliss-reactive ketones (excluding diaryl/α,β-unsaturated/α-hetero) is 1. The Hall–Kier alpha value is -1.53. The van der Waals surface area contributed by atoms with E-state index in [0.717, 1.165) is 62.0 Å². The first-order chi connectivity index (χ1) is 10.6. The Bertz CT molecular complexity index is 568. The van der Waals surface area contributed by atoms with Crippen LogP contribution in [0.15, 0.2) is 0 Å². The summed E-state index contributed by atoms with van der Waals surface area (Å²) in [6.45, 7) is 8.87. The van der Waals surface area contributed by atoms with Crippen molar-refractivity contribution in [1.82, 2.24) is 9.97 Å². The van der Waals surface area contributed by atoms with Gasteiger partial charge in [-0.3, -0.25) is 4.79 Å². The number of aliphatic hydroxyl groups excluding tert-OH is 1. The van der Waals surface area contributed by atoms with E-state index in [-0.39, 0.29) is 12.4 Å². The number of nitrogens with zero attached hydrogens (tertiary/aromatic N) is 3. The van der Waals surface area contributed by atoms with Crippen molar-refractivity contribution in [2.75, 3.05) is 44.2 Å². The number of rotatable bonds is 3. The summed E-state index contributed by atoms with van der Waals surface area (Å²) in [5.41, 5.74) is 2.50. The second-order valence-electron chi connectivity index (χ2n) is 6.58. The van der Waals surface area contributed by atoms with Crippen LogP contribution in [0.2, 0.25) is 0 Å². The van der Waals surface area contributed by atoms with Gasteiger partial charge in [0.1, 0.15) is 6.54 Å². The summed E-state index contributed by atoms with van der Waals surface area (Å²) in [5, 5.41) is 9.03. The van der Waals surface area contributed by atoms with E-state index in [9.17, 15) is 4.79 Å². The molecule has 0 radical (unpaired) electrons. The molecule has 0 spiro atoms.